The molecule has 0 atom stereocenters. The summed E-state index contributed by atoms with van der Waals surface area (Å²) in [5, 5.41) is 18.8. The standard InChI is InChI=1S/C80H82N8O6/c1-59-29-39-71(53-75(59)85-77(89)87(57-67-25-15-9-16-26-67)73-45-35-63(36-46-73)51-61-31-41-69(42-32-61)81-55-65-21-11-7-12-22-65)83-79(91)93-49-19-5-3-4-6-20-50-94-80(92)84-72-40-30-60(2)76(54-72)86-78(90)88(58-68-27-17-10-18-28-68)74-47-37-64(38-48-74)52-62-33-43-70(44-34-62)82-56-66-23-13-8-14-24-66/h7-18,21-48,53-54,81-82H,3-6,19-20,49-52,55-58H2,1-2H3,(H,83,91)(H,84,92)(H,85,89)(H,86,90). The Morgan fingerprint density at radius 3 is 0.979 bits per heavy atom. The van der Waals surface area contributed by atoms with Crippen molar-refractivity contribution in [2.24, 2.45) is 0 Å². The summed E-state index contributed by atoms with van der Waals surface area (Å²) in [5.41, 5.74) is 16.5. The van der Waals surface area contributed by atoms with Gasteiger partial charge in [-0.2, -0.15) is 0 Å². The molecule has 0 spiro atoms. The molecule has 10 aromatic rings. The van der Waals surface area contributed by atoms with E-state index < -0.39 is 12.2 Å². The van der Waals surface area contributed by atoms with E-state index in [0.29, 0.717) is 48.7 Å². The Morgan fingerprint density at radius 2 is 0.628 bits per heavy atom. The van der Waals surface area contributed by atoms with Crippen LogP contribution in [0.5, 0.6) is 0 Å². The van der Waals surface area contributed by atoms with Gasteiger partial charge in [0, 0.05) is 58.6 Å². The van der Waals surface area contributed by atoms with Crippen molar-refractivity contribution >= 4 is 69.7 Å². The maximum Gasteiger partial charge on any atom is 0.411 e. The normalized spacial score (nSPS) is 10.8. The lowest BCUT2D eigenvalue weighted by Crippen LogP contribution is -2.34. The van der Waals surface area contributed by atoms with E-state index in [1.54, 1.807) is 34.1 Å². The lowest BCUT2D eigenvalue weighted by atomic mass is 10.0. The van der Waals surface area contributed by atoms with Crippen LogP contribution in [0.1, 0.15) is 94.2 Å². The summed E-state index contributed by atoms with van der Waals surface area (Å²) in [5.74, 6) is 0. The van der Waals surface area contributed by atoms with E-state index in [0.717, 1.165) is 108 Å². The molecule has 0 aromatic heterocycles. The molecule has 0 heterocycles. The summed E-state index contributed by atoms with van der Waals surface area (Å²) >= 11 is 0. The second-order valence-electron chi connectivity index (χ2n) is 23.5. The summed E-state index contributed by atoms with van der Waals surface area (Å²) in [6.45, 7) is 6.55. The molecule has 0 fully saturated rings. The fourth-order valence-electron chi connectivity index (χ4n) is 10.8. The number of anilines is 8. The molecule has 14 heteroatoms. The monoisotopic (exact) mass is 1250 g/mol. The van der Waals surface area contributed by atoms with Crippen molar-refractivity contribution in [1.29, 1.82) is 0 Å². The van der Waals surface area contributed by atoms with Gasteiger partial charge in [-0.05, 0) is 168 Å². The van der Waals surface area contributed by atoms with Crippen LogP contribution >= 0.6 is 0 Å². The van der Waals surface area contributed by atoms with Gasteiger partial charge in [0.1, 0.15) is 0 Å². The van der Waals surface area contributed by atoms with Gasteiger partial charge in [-0.15, -0.1) is 0 Å². The minimum Gasteiger partial charge on any atom is -0.449 e. The van der Waals surface area contributed by atoms with Crippen LogP contribution in [0, 0.1) is 13.8 Å². The number of carbonyl (C=O) groups is 4. The third kappa shape index (κ3) is 20.7. The summed E-state index contributed by atoms with van der Waals surface area (Å²) in [6, 6.07) is 83.7. The average Bonchev–Trinajstić information content (AvgIpc) is 1.71. The van der Waals surface area contributed by atoms with Crippen molar-refractivity contribution in [3.05, 3.63) is 310 Å². The largest absolute Gasteiger partial charge is 0.449 e. The molecule has 10 rings (SSSR count). The van der Waals surface area contributed by atoms with E-state index in [-0.39, 0.29) is 25.3 Å². The molecule has 0 radical (unpaired) electrons. The SMILES string of the molecule is Cc1ccc(NC(=O)OCCCCCCCCOC(=O)Nc2ccc(C)c(NC(=O)N(Cc3ccccc3)c3ccc(Cc4ccc(NCc5ccccc5)cc4)cc3)c2)cc1NC(=O)N(Cc1ccccc1)c1ccc(Cc2ccc(NCc3ccccc3)cc2)cc1. The first-order chi connectivity index (χ1) is 46.0. The highest BCUT2D eigenvalue weighted by atomic mass is 16.6. The maximum absolute atomic E-state index is 14.2. The van der Waals surface area contributed by atoms with Crippen LogP contribution in [0.4, 0.5) is 64.7 Å². The number of hydrogen-bond acceptors (Lipinski definition) is 8. The smallest absolute Gasteiger partial charge is 0.411 e. The number of carbonyl (C=O) groups excluding carboxylic acids is 4. The zero-order chi connectivity index (χ0) is 65.1. The third-order valence-electron chi connectivity index (χ3n) is 16.2. The van der Waals surface area contributed by atoms with Crippen molar-refractivity contribution in [2.45, 2.75) is 91.4 Å². The molecule has 0 saturated carbocycles. The first-order valence-electron chi connectivity index (χ1n) is 32.3. The van der Waals surface area contributed by atoms with E-state index in [9.17, 15) is 19.2 Å². The minimum atomic E-state index is -0.574. The molecule has 0 aliphatic carbocycles. The number of rotatable bonds is 29. The van der Waals surface area contributed by atoms with Crippen LogP contribution in [0.3, 0.4) is 0 Å². The number of unbranched alkanes of at least 4 members (excludes halogenated alkanes) is 5. The highest BCUT2D eigenvalue weighted by Crippen LogP contribution is 2.28. The predicted octanol–water partition coefficient (Wildman–Crippen LogP) is 19.3. The lowest BCUT2D eigenvalue weighted by molar-refractivity contribution is 0.156. The molecule has 0 bridgehead atoms. The number of aryl methyl sites for hydroxylation is 2. The Kier molecular flexibility index (Phi) is 24.0. The Morgan fingerprint density at radius 1 is 0.319 bits per heavy atom. The van der Waals surface area contributed by atoms with Crippen molar-refractivity contribution in [1.82, 2.24) is 0 Å². The summed E-state index contributed by atoms with van der Waals surface area (Å²) in [4.78, 5) is 57.7. The molecule has 94 heavy (non-hydrogen) atoms. The van der Waals surface area contributed by atoms with Gasteiger partial charge in [0.25, 0.3) is 0 Å². The highest BCUT2D eigenvalue weighted by molar-refractivity contribution is 6.03. The molecule has 0 unspecified atom stereocenters. The van der Waals surface area contributed by atoms with Gasteiger partial charge in [0.05, 0.1) is 26.3 Å². The molecule has 478 valence electrons. The van der Waals surface area contributed by atoms with Crippen LogP contribution in [-0.2, 0) is 48.5 Å². The Labute approximate surface area is 552 Å². The van der Waals surface area contributed by atoms with Crippen LogP contribution in [-0.4, -0.2) is 37.5 Å². The number of hydrogen-bond donors (Lipinski definition) is 6. The average molecular weight is 1250 g/mol. The molecule has 0 saturated heterocycles. The quantitative estimate of drug-likeness (QED) is 0.0252. The molecular weight excluding hydrogens is 1170 g/mol. The van der Waals surface area contributed by atoms with E-state index in [4.69, 9.17) is 9.47 Å². The van der Waals surface area contributed by atoms with Gasteiger partial charge < -0.3 is 30.7 Å². The van der Waals surface area contributed by atoms with Crippen LogP contribution in [0.2, 0.25) is 0 Å². The molecule has 0 aliphatic heterocycles. The molecule has 14 nitrogen and oxygen atoms in total. The lowest BCUT2D eigenvalue weighted by Gasteiger charge is -2.24. The second kappa shape index (κ2) is 34.3. The Bertz CT molecular complexity index is 3750. The number of ether oxygens (including phenoxy) is 2. The number of nitrogens with zero attached hydrogens (tertiary/aromatic N) is 2. The molecule has 10 aromatic carbocycles. The van der Waals surface area contributed by atoms with E-state index in [1.165, 1.54) is 22.3 Å². The predicted molar refractivity (Wildman–Crippen MR) is 382 cm³/mol. The summed E-state index contributed by atoms with van der Waals surface area (Å²) < 4.78 is 11.1. The van der Waals surface area contributed by atoms with Gasteiger partial charge in [-0.1, -0.05) is 208 Å². The zero-order valence-corrected chi connectivity index (χ0v) is 53.5. The van der Waals surface area contributed by atoms with Gasteiger partial charge in [0.2, 0.25) is 0 Å². The van der Waals surface area contributed by atoms with Crippen molar-refractivity contribution in [3.63, 3.8) is 0 Å². The minimum absolute atomic E-state index is 0.257. The second-order valence-corrected chi connectivity index (χ2v) is 23.5. The Balaban J connectivity index is 0.618. The van der Waals surface area contributed by atoms with Gasteiger partial charge >= 0.3 is 24.2 Å². The highest BCUT2D eigenvalue weighted by Gasteiger charge is 2.21. The summed E-state index contributed by atoms with van der Waals surface area (Å²) in [6.07, 6.45) is 5.34. The summed E-state index contributed by atoms with van der Waals surface area (Å²) in [7, 11) is 0. The molecule has 6 amide bonds. The third-order valence-corrected chi connectivity index (χ3v) is 16.2. The van der Waals surface area contributed by atoms with Crippen molar-refractivity contribution < 1.29 is 28.7 Å². The Hall–Kier alpha value is -11.1. The number of benzene rings is 10. The van der Waals surface area contributed by atoms with Crippen molar-refractivity contribution in [3.8, 4) is 0 Å². The zero-order valence-electron chi connectivity index (χ0n) is 53.5. The van der Waals surface area contributed by atoms with Gasteiger partial charge in [0.15, 0.2) is 0 Å². The first kappa shape index (κ1) is 65.8. The topological polar surface area (TPSA) is 165 Å². The molecular formula is C80H82N8O6. The van der Waals surface area contributed by atoms with E-state index >= 15 is 0 Å². The maximum atomic E-state index is 14.2. The number of nitrogens with one attached hydrogen (secondary N) is 6. The van der Waals surface area contributed by atoms with Crippen LogP contribution < -0.4 is 41.7 Å². The van der Waals surface area contributed by atoms with Gasteiger partial charge in [-0.25, -0.2) is 19.2 Å². The fourth-order valence-corrected chi connectivity index (χ4v) is 10.8. The molecule has 6 N–H and O–H groups in total. The van der Waals surface area contributed by atoms with Crippen LogP contribution in [0.25, 0.3) is 0 Å². The number of urea groups is 2. The van der Waals surface area contributed by atoms with E-state index in [2.05, 4.69) is 129 Å². The molecule has 0 aliphatic rings. The number of amides is 6. The fraction of sp³-hybridized carbons (Fsp3) is 0.200. The van der Waals surface area contributed by atoms with Gasteiger partial charge in [-0.3, -0.25) is 20.4 Å². The van der Waals surface area contributed by atoms with Crippen LogP contribution in [0.15, 0.2) is 255 Å². The first-order valence-corrected chi connectivity index (χ1v) is 32.3. The van der Waals surface area contributed by atoms with Crippen molar-refractivity contribution in [2.75, 3.05) is 54.9 Å². The van der Waals surface area contributed by atoms with E-state index in [1.807, 2.05) is 147 Å².